The van der Waals surface area contributed by atoms with Gasteiger partial charge in [-0.25, -0.2) is 0 Å². The Balaban J connectivity index is 4.23. The molecule has 0 aliphatic carbocycles. The van der Waals surface area contributed by atoms with Crippen LogP contribution in [0, 0.1) is 0 Å². The average molecular weight is 220 g/mol. The van der Waals surface area contributed by atoms with Gasteiger partial charge in [0.05, 0.1) is 19.8 Å². The van der Waals surface area contributed by atoms with Crippen molar-refractivity contribution >= 4 is 5.91 Å². The molecule has 0 saturated heterocycles. The number of hydrogen-bond acceptors (Lipinski definition) is 5. The molecule has 1 atom stereocenters. The molecule has 0 bridgehead atoms. The summed E-state index contributed by atoms with van der Waals surface area (Å²) in [5, 5.41) is 29.2. The first-order valence-corrected chi connectivity index (χ1v) is 4.92. The minimum absolute atomic E-state index is 0.109. The second-order valence-corrected chi connectivity index (χ2v) is 3.68. The Labute approximate surface area is 89.1 Å². The standard InChI is InChI=1S/C9H20N2O4/c1-2-7(10)3-8(15)11-9(4-12,5-13)6-14/h7,12-14H,2-6,10H2,1H3,(H,11,15). The van der Waals surface area contributed by atoms with Gasteiger partial charge in [0.15, 0.2) is 0 Å². The van der Waals surface area contributed by atoms with Crippen molar-refractivity contribution in [3.05, 3.63) is 0 Å². The van der Waals surface area contributed by atoms with E-state index in [1.54, 1.807) is 0 Å². The molecule has 1 unspecified atom stereocenters. The lowest BCUT2D eigenvalue weighted by Gasteiger charge is -2.29. The van der Waals surface area contributed by atoms with Gasteiger partial charge in [0.1, 0.15) is 5.54 Å². The van der Waals surface area contributed by atoms with Crippen LogP contribution in [0.2, 0.25) is 0 Å². The minimum Gasteiger partial charge on any atom is -0.394 e. The molecule has 0 saturated carbocycles. The first-order valence-electron chi connectivity index (χ1n) is 4.92. The lowest BCUT2D eigenvalue weighted by atomic mass is 10.0. The van der Waals surface area contributed by atoms with Crippen molar-refractivity contribution in [2.24, 2.45) is 5.73 Å². The Kier molecular flexibility index (Phi) is 6.42. The number of aliphatic hydroxyl groups is 3. The van der Waals surface area contributed by atoms with Crippen LogP contribution in [0.4, 0.5) is 0 Å². The van der Waals surface area contributed by atoms with Crippen molar-refractivity contribution in [1.29, 1.82) is 0 Å². The Hall–Kier alpha value is -0.690. The topological polar surface area (TPSA) is 116 Å². The number of nitrogens with two attached hydrogens (primary N) is 1. The molecule has 15 heavy (non-hydrogen) atoms. The molecular formula is C9H20N2O4. The molecule has 0 rings (SSSR count). The van der Waals surface area contributed by atoms with Crippen LogP contribution in [0.3, 0.4) is 0 Å². The van der Waals surface area contributed by atoms with Gasteiger partial charge in [-0.3, -0.25) is 4.79 Å². The summed E-state index contributed by atoms with van der Waals surface area (Å²) in [6.45, 7) is 0.294. The van der Waals surface area contributed by atoms with Gasteiger partial charge in [0.25, 0.3) is 0 Å². The molecular weight excluding hydrogens is 200 g/mol. The van der Waals surface area contributed by atoms with E-state index in [1.807, 2.05) is 6.92 Å². The van der Waals surface area contributed by atoms with Gasteiger partial charge in [-0.05, 0) is 6.42 Å². The molecule has 0 aliphatic rings. The van der Waals surface area contributed by atoms with Crippen molar-refractivity contribution < 1.29 is 20.1 Å². The van der Waals surface area contributed by atoms with Gasteiger partial charge in [0, 0.05) is 12.5 Å². The summed E-state index contributed by atoms with van der Waals surface area (Å²) in [4.78, 5) is 11.4. The van der Waals surface area contributed by atoms with Crippen molar-refractivity contribution in [2.75, 3.05) is 19.8 Å². The van der Waals surface area contributed by atoms with Crippen LogP contribution in [0.15, 0.2) is 0 Å². The number of carbonyl (C=O) groups is 1. The van der Waals surface area contributed by atoms with Gasteiger partial charge in [-0.2, -0.15) is 0 Å². The van der Waals surface area contributed by atoms with E-state index in [4.69, 9.17) is 21.1 Å². The highest BCUT2D eigenvalue weighted by Crippen LogP contribution is 2.03. The monoisotopic (exact) mass is 220 g/mol. The SMILES string of the molecule is CCC(N)CC(=O)NC(CO)(CO)CO. The fourth-order valence-corrected chi connectivity index (χ4v) is 0.998. The summed E-state index contributed by atoms with van der Waals surface area (Å²) in [7, 11) is 0. The molecule has 90 valence electrons. The molecule has 6 heteroatoms. The predicted octanol–water partition coefficient (Wildman–Crippen LogP) is -2.05. The number of carbonyl (C=O) groups excluding carboxylic acids is 1. The quantitative estimate of drug-likeness (QED) is 0.338. The maximum absolute atomic E-state index is 11.4. The third-order valence-corrected chi connectivity index (χ3v) is 2.28. The highest BCUT2D eigenvalue weighted by Gasteiger charge is 2.30. The fourth-order valence-electron chi connectivity index (χ4n) is 0.998. The Morgan fingerprint density at radius 3 is 2.13 bits per heavy atom. The van der Waals surface area contributed by atoms with E-state index in [9.17, 15) is 4.79 Å². The van der Waals surface area contributed by atoms with Gasteiger partial charge in [-0.15, -0.1) is 0 Å². The lowest BCUT2D eigenvalue weighted by Crippen LogP contribution is -2.57. The van der Waals surface area contributed by atoms with E-state index in [0.717, 1.165) is 0 Å². The van der Waals surface area contributed by atoms with Crippen molar-refractivity contribution in [1.82, 2.24) is 5.32 Å². The minimum atomic E-state index is -1.36. The maximum Gasteiger partial charge on any atom is 0.222 e. The summed E-state index contributed by atoms with van der Waals surface area (Å²) in [6, 6.07) is -0.251. The maximum atomic E-state index is 11.4. The molecule has 0 aromatic carbocycles. The van der Waals surface area contributed by atoms with Crippen LogP contribution >= 0.6 is 0 Å². The Morgan fingerprint density at radius 2 is 1.80 bits per heavy atom. The van der Waals surface area contributed by atoms with Crippen LogP contribution in [0.5, 0.6) is 0 Å². The number of nitrogens with one attached hydrogen (secondary N) is 1. The third kappa shape index (κ3) is 4.57. The summed E-state index contributed by atoms with van der Waals surface area (Å²) in [5.74, 6) is -0.387. The first-order chi connectivity index (χ1) is 7.03. The molecule has 0 radical (unpaired) electrons. The second kappa shape index (κ2) is 6.73. The zero-order chi connectivity index (χ0) is 11.9. The molecule has 1 amide bonds. The molecule has 0 fully saturated rings. The van der Waals surface area contributed by atoms with Crippen LogP contribution in [0.25, 0.3) is 0 Å². The lowest BCUT2D eigenvalue weighted by molar-refractivity contribution is -0.125. The van der Waals surface area contributed by atoms with Gasteiger partial charge in [0.2, 0.25) is 5.91 Å². The first kappa shape index (κ1) is 14.3. The second-order valence-electron chi connectivity index (χ2n) is 3.68. The van der Waals surface area contributed by atoms with Crippen LogP contribution in [-0.2, 0) is 4.79 Å². The highest BCUT2D eigenvalue weighted by molar-refractivity contribution is 5.77. The molecule has 6 nitrogen and oxygen atoms in total. The number of amides is 1. The van der Waals surface area contributed by atoms with Gasteiger partial charge >= 0.3 is 0 Å². The van der Waals surface area contributed by atoms with Crippen LogP contribution in [-0.4, -0.2) is 52.6 Å². The van der Waals surface area contributed by atoms with E-state index in [2.05, 4.69) is 5.32 Å². The van der Waals surface area contributed by atoms with Crippen LogP contribution in [0.1, 0.15) is 19.8 Å². The zero-order valence-electron chi connectivity index (χ0n) is 8.94. The largest absolute Gasteiger partial charge is 0.394 e. The summed E-state index contributed by atoms with van der Waals surface area (Å²) >= 11 is 0. The number of aliphatic hydroxyl groups excluding tert-OH is 3. The van der Waals surface area contributed by atoms with Crippen molar-refractivity contribution in [3.63, 3.8) is 0 Å². The van der Waals surface area contributed by atoms with E-state index in [1.165, 1.54) is 0 Å². The third-order valence-electron chi connectivity index (χ3n) is 2.28. The normalized spacial score (nSPS) is 13.7. The van der Waals surface area contributed by atoms with E-state index >= 15 is 0 Å². The predicted molar refractivity (Wildman–Crippen MR) is 55.0 cm³/mol. The molecule has 0 aromatic heterocycles. The molecule has 6 N–H and O–H groups in total. The Bertz CT molecular complexity index is 186. The smallest absolute Gasteiger partial charge is 0.222 e. The number of rotatable bonds is 7. The average Bonchev–Trinajstić information content (AvgIpc) is 2.26. The van der Waals surface area contributed by atoms with Crippen molar-refractivity contribution in [3.8, 4) is 0 Å². The fraction of sp³-hybridized carbons (Fsp3) is 0.889. The Morgan fingerprint density at radius 1 is 1.33 bits per heavy atom. The molecule has 0 spiro atoms. The summed E-state index contributed by atoms with van der Waals surface area (Å²) in [5.41, 5.74) is 4.21. The molecule has 0 heterocycles. The van der Waals surface area contributed by atoms with E-state index < -0.39 is 25.4 Å². The van der Waals surface area contributed by atoms with Crippen molar-refractivity contribution in [2.45, 2.75) is 31.3 Å². The summed E-state index contributed by atoms with van der Waals surface area (Å²) < 4.78 is 0. The van der Waals surface area contributed by atoms with Gasteiger partial charge in [-0.1, -0.05) is 6.92 Å². The van der Waals surface area contributed by atoms with E-state index in [-0.39, 0.29) is 18.4 Å². The van der Waals surface area contributed by atoms with Gasteiger partial charge < -0.3 is 26.4 Å². The number of hydrogen-bond donors (Lipinski definition) is 5. The molecule has 0 aromatic rings. The zero-order valence-corrected chi connectivity index (χ0v) is 8.94. The van der Waals surface area contributed by atoms with Crippen LogP contribution < -0.4 is 11.1 Å². The molecule has 0 aliphatic heterocycles. The highest BCUT2D eigenvalue weighted by atomic mass is 16.3. The van der Waals surface area contributed by atoms with E-state index in [0.29, 0.717) is 6.42 Å². The summed E-state index contributed by atoms with van der Waals surface area (Å²) in [6.07, 6.45) is 0.774.